The molecule has 4 heterocycles. The molecule has 38 heavy (non-hydrogen) atoms. The second-order valence-electron chi connectivity index (χ2n) is 11.8. The normalized spacial score (nSPS) is 13.2. The van der Waals surface area contributed by atoms with Crippen molar-refractivity contribution in [3.63, 3.8) is 0 Å². The maximum atomic E-state index is 2.53. The van der Waals surface area contributed by atoms with Gasteiger partial charge in [-0.2, -0.15) is 0 Å². The van der Waals surface area contributed by atoms with Crippen LogP contribution in [0.5, 0.6) is 0 Å². The molecule has 5 aromatic carbocycles. The van der Waals surface area contributed by atoms with Gasteiger partial charge in [0.25, 0.3) is 0 Å². The van der Waals surface area contributed by atoms with Crippen molar-refractivity contribution >= 4 is 76.2 Å². The van der Waals surface area contributed by atoms with E-state index in [1.54, 1.807) is 0 Å². The minimum Gasteiger partial charge on any atom is -0.308 e. The molecule has 182 valence electrons. The van der Waals surface area contributed by atoms with Gasteiger partial charge in [-0.15, -0.1) is 0 Å². The highest BCUT2D eigenvalue weighted by Gasteiger charge is 2.24. The van der Waals surface area contributed by atoms with Crippen molar-refractivity contribution in [1.82, 2.24) is 8.80 Å². The Hall–Kier alpha value is -4.30. The molecule has 0 N–H and O–H groups in total. The molecule has 0 atom stereocenters. The van der Waals surface area contributed by atoms with Crippen molar-refractivity contribution in [2.75, 3.05) is 0 Å². The van der Waals surface area contributed by atoms with E-state index in [9.17, 15) is 0 Å². The SMILES string of the molecule is CC(C)c1ccc2c3cc4c(cc3n3c5ccccc5c1c23)c1ccc(C(C)C)c2c3ccccc3n4c12. The molecule has 0 spiro atoms. The number of para-hydroxylation sites is 2. The first-order valence-corrected chi connectivity index (χ1v) is 13.9. The third-order valence-electron chi connectivity index (χ3n) is 9.12. The molecular weight excluding hydrogens is 460 g/mol. The molecule has 0 aliphatic heterocycles. The summed E-state index contributed by atoms with van der Waals surface area (Å²) in [5.41, 5.74) is 10.8. The van der Waals surface area contributed by atoms with Gasteiger partial charge in [-0.05, 0) is 47.2 Å². The third-order valence-corrected chi connectivity index (χ3v) is 9.12. The first-order chi connectivity index (χ1) is 18.5. The van der Waals surface area contributed by atoms with Gasteiger partial charge in [0.2, 0.25) is 0 Å². The molecule has 2 nitrogen and oxygen atoms in total. The summed E-state index contributed by atoms with van der Waals surface area (Å²) >= 11 is 0. The summed E-state index contributed by atoms with van der Waals surface area (Å²) < 4.78 is 5.07. The number of hydrogen-bond donors (Lipinski definition) is 0. The Balaban J connectivity index is 1.57. The van der Waals surface area contributed by atoms with E-state index in [0.717, 1.165) is 0 Å². The molecule has 0 bridgehead atoms. The van der Waals surface area contributed by atoms with E-state index in [4.69, 9.17) is 0 Å². The van der Waals surface area contributed by atoms with Gasteiger partial charge in [-0.1, -0.05) is 88.4 Å². The largest absolute Gasteiger partial charge is 0.308 e. The van der Waals surface area contributed by atoms with Gasteiger partial charge in [-0.25, -0.2) is 0 Å². The summed E-state index contributed by atoms with van der Waals surface area (Å²) in [6, 6.07) is 32.3. The Morgan fingerprint density at radius 3 is 1.26 bits per heavy atom. The average molecular weight is 489 g/mol. The summed E-state index contributed by atoms with van der Waals surface area (Å²) in [6.07, 6.45) is 0. The average Bonchev–Trinajstić information content (AvgIpc) is 3.64. The molecule has 0 aliphatic carbocycles. The number of nitrogens with zero attached hydrogens (tertiary/aromatic N) is 2. The fourth-order valence-electron chi connectivity index (χ4n) is 7.52. The molecule has 0 radical (unpaired) electrons. The van der Waals surface area contributed by atoms with Crippen molar-refractivity contribution in [2.45, 2.75) is 39.5 Å². The minimum absolute atomic E-state index is 0.471. The van der Waals surface area contributed by atoms with E-state index in [-0.39, 0.29) is 0 Å². The van der Waals surface area contributed by atoms with Crippen LogP contribution in [0.25, 0.3) is 76.2 Å². The molecular formula is C36H28N2. The summed E-state index contributed by atoms with van der Waals surface area (Å²) in [7, 11) is 0. The van der Waals surface area contributed by atoms with Crippen LogP contribution in [0.15, 0.2) is 84.9 Å². The van der Waals surface area contributed by atoms with Gasteiger partial charge in [0.1, 0.15) is 0 Å². The van der Waals surface area contributed by atoms with Crippen LogP contribution >= 0.6 is 0 Å². The lowest BCUT2D eigenvalue weighted by Gasteiger charge is -2.08. The van der Waals surface area contributed by atoms with Gasteiger partial charge >= 0.3 is 0 Å². The van der Waals surface area contributed by atoms with Crippen LogP contribution in [-0.4, -0.2) is 8.80 Å². The topological polar surface area (TPSA) is 8.82 Å². The summed E-state index contributed by atoms with van der Waals surface area (Å²) in [5.74, 6) is 0.942. The van der Waals surface area contributed by atoms with E-state index >= 15 is 0 Å². The zero-order valence-electron chi connectivity index (χ0n) is 22.1. The van der Waals surface area contributed by atoms with Crippen LogP contribution < -0.4 is 0 Å². The summed E-state index contributed by atoms with van der Waals surface area (Å²) in [6.45, 7) is 9.24. The number of hydrogen-bond acceptors (Lipinski definition) is 0. The Bertz CT molecular complexity index is 2220. The maximum absolute atomic E-state index is 2.53. The number of benzene rings is 5. The second kappa shape index (κ2) is 6.76. The molecule has 0 saturated heterocycles. The molecule has 9 aromatic rings. The van der Waals surface area contributed by atoms with Gasteiger partial charge in [0.05, 0.1) is 33.1 Å². The van der Waals surface area contributed by atoms with Crippen LogP contribution in [-0.2, 0) is 0 Å². The van der Waals surface area contributed by atoms with E-state index in [1.165, 1.54) is 87.3 Å². The predicted molar refractivity (Wildman–Crippen MR) is 164 cm³/mol. The molecule has 0 fully saturated rings. The lowest BCUT2D eigenvalue weighted by atomic mass is 9.94. The van der Waals surface area contributed by atoms with Gasteiger partial charge in [0.15, 0.2) is 0 Å². The highest BCUT2D eigenvalue weighted by molar-refractivity contribution is 6.29. The highest BCUT2D eigenvalue weighted by Crippen LogP contribution is 2.47. The van der Waals surface area contributed by atoms with Crippen molar-refractivity contribution in [2.24, 2.45) is 0 Å². The van der Waals surface area contributed by atoms with Crippen LogP contribution in [0.4, 0.5) is 0 Å². The quantitative estimate of drug-likeness (QED) is 0.229. The summed E-state index contributed by atoms with van der Waals surface area (Å²) in [5, 5.41) is 10.9. The first-order valence-electron chi connectivity index (χ1n) is 13.9. The van der Waals surface area contributed by atoms with Crippen LogP contribution in [0.2, 0.25) is 0 Å². The van der Waals surface area contributed by atoms with Crippen molar-refractivity contribution in [3.05, 3.63) is 96.1 Å². The fourth-order valence-corrected chi connectivity index (χ4v) is 7.52. The molecule has 0 unspecified atom stereocenters. The lowest BCUT2D eigenvalue weighted by molar-refractivity contribution is 0.877. The molecule has 9 rings (SSSR count). The van der Waals surface area contributed by atoms with Crippen molar-refractivity contribution in [3.8, 4) is 0 Å². The zero-order chi connectivity index (χ0) is 25.4. The lowest BCUT2D eigenvalue weighted by Crippen LogP contribution is -1.88. The number of aromatic nitrogens is 2. The van der Waals surface area contributed by atoms with E-state index < -0.39 is 0 Å². The second-order valence-corrected chi connectivity index (χ2v) is 11.8. The maximum Gasteiger partial charge on any atom is 0.0623 e. The Morgan fingerprint density at radius 2 is 0.842 bits per heavy atom. The van der Waals surface area contributed by atoms with Crippen LogP contribution in [0, 0.1) is 0 Å². The summed E-state index contributed by atoms with van der Waals surface area (Å²) in [4.78, 5) is 0. The van der Waals surface area contributed by atoms with Gasteiger partial charge < -0.3 is 8.80 Å². The van der Waals surface area contributed by atoms with E-state index in [2.05, 4.69) is 121 Å². The van der Waals surface area contributed by atoms with Crippen LogP contribution in [0.1, 0.15) is 50.7 Å². The number of rotatable bonds is 2. The van der Waals surface area contributed by atoms with Crippen LogP contribution in [0.3, 0.4) is 0 Å². The molecule has 2 heteroatoms. The van der Waals surface area contributed by atoms with Crippen molar-refractivity contribution in [1.29, 1.82) is 0 Å². The Labute approximate surface area is 220 Å². The van der Waals surface area contributed by atoms with Gasteiger partial charge in [0, 0.05) is 43.1 Å². The Morgan fingerprint density at radius 1 is 0.421 bits per heavy atom. The molecule has 0 aliphatic rings. The van der Waals surface area contributed by atoms with Gasteiger partial charge in [-0.3, -0.25) is 0 Å². The number of fused-ring (bicyclic) bond motifs is 12. The standard InChI is InChI=1S/C36H28N2/c1-19(2)21-13-15-23-27-17-32-28(18-31(27)37-29-11-7-5-9-25(29)33(21)35(23)37)24-16-14-22(20(3)4)34-26-10-6-8-12-30(26)38(32)36(24)34/h5-20H,1-4H3. The smallest absolute Gasteiger partial charge is 0.0623 e. The minimum atomic E-state index is 0.471. The van der Waals surface area contributed by atoms with E-state index in [0.29, 0.717) is 11.8 Å². The first kappa shape index (κ1) is 20.7. The fraction of sp³-hybridized carbons (Fsp3) is 0.167. The monoisotopic (exact) mass is 488 g/mol. The Kier molecular flexibility index (Phi) is 3.69. The van der Waals surface area contributed by atoms with Crippen molar-refractivity contribution < 1.29 is 0 Å². The zero-order valence-corrected chi connectivity index (χ0v) is 22.1. The molecule has 0 saturated carbocycles. The van der Waals surface area contributed by atoms with E-state index in [1.807, 2.05) is 0 Å². The molecule has 0 amide bonds. The third kappa shape index (κ3) is 2.23. The highest BCUT2D eigenvalue weighted by atomic mass is 14.9. The molecule has 4 aromatic heterocycles. The predicted octanol–water partition coefficient (Wildman–Crippen LogP) is 10.2.